The second kappa shape index (κ2) is 6.71. The molecule has 0 spiro atoms. The molecule has 1 N–H and O–H groups in total. The first-order valence-corrected chi connectivity index (χ1v) is 8.42. The Labute approximate surface area is 135 Å². The van der Waals surface area contributed by atoms with Crippen LogP contribution in [0, 0.1) is 0 Å². The van der Waals surface area contributed by atoms with E-state index in [9.17, 15) is 0 Å². The third kappa shape index (κ3) is 3.35. The van der Waals surface area contributed by atoms with Gasteiger partial charge < -0.3 is 5.32 Å². The van der Waals surface area contributed by atoms with Crippen molar-refractivity contribution in [2.24, 2.45) is 0 Å². The summed E-state index contributed by atoms with van der Waals surface area (Å²) in [7, 11) is 2.04. The van der Waals surface area contributed by atoms with Crippen molar-refractivity contribution < 1.29 is 0 Å². The summed E-state index contributed by atoms with van der Waals surface area (Å²) in [5.74, 6) is 0.645. The van der Waals surface area contributed by atoms with Crippen LogP contribution in [0.5, 0.6) is 0 Å². The highest BCUT2D eigenvalue weighted by atomic mass is 79.9. The fourth-order valence-electron chi connectivity index (χ4n) is 3.42. The van der Waals surface area contributed by atoms with Gasteiger partial charge in [0, 0.05) is 22.9 Å². The van der Waals surface area contributed by atoms with Crippen LogP contribution in [0.3, 0.4) is 0 Å². The molecule has 110 valence electrons. The van der Waals surface area contributed by atoms with Crippen LogP contribution in [-0.2, 0) is 6.42 Å². The SMILES string of the molecule is CNC(CC1CCCc2ccccc21)c1cncc(Br)c1. The molecule has 3 rings (SSSR count). The number of hydrogen-bond acceptors (Lipinski definition) is 2. The van der Waals surface area contributed by atoms with Gasteiger partial charge in [-0.1, -0.05) is 24.3 Å². The average molecular weight is 345 g/mol. The molecule has 2 nitrogen and oxygen atoms in total. The first-order valence-electron chi connectivity index (χ1n) is 7.63. The Hall–Kier alpha value is -1.19. The van der Waals surface area contributed by atoms with Crippen LogP contribution in [0.25, 0.3) is 0 Å². The minimum absolute atomic E-state index is 0.353. The van der Waals surface area contributed by atoms with Gasteiger partial charge in [0.2, 0.25) is 0 Å². The van der Waals surface area contributed by atoms with Crippen molar-refractivity contribution in [1.82, 2.24) is 10.3 Å². The highest BCUT2D eigenvalue weighted by Crippen LogP contribution is 2.37. The standard InChI is InChI=1S/C18H21BrN2/c1-20-18(15-9-16(19)12-21-11-15)10-14-7-4-6-13-5-2-3-8-17(13)14/h2-3,5,8-9,11-12,14,18,20H,4,6-7,10H2,1H3. The number of hydrogen-bond donors (Lipinski definition) is 1. The van der Waals surface area contributed by atoms with E-state index in [0.29, 0.717) is 12.0 Å². The second-order valence-electron chi connectivity index (χ2n) is 5.80. The lowest BCUT2D eigenvalue weighted by Gasteiger charge is -2.29. The van der Waals surface area contributed by atoms with E-state index in [1.54, 1.807) is 5.56 Å². The number of rotatable bonds is 4. The molecule has 0 bridgehead atoms. The van der Waals surface area contributed by atoms with E-state index in [1.165, 1.54) is 30.4 Å². The molecule has 1 heterocycles. The summed E-state index contributed by atoms with van der Waals surface area (Å²) in [6.07, 6.45) is 8.76. The van der Waals surface area contributed by atoms with Crippen molar-refractivity contribution >= 4 is 15.9 Å². The third-order valence-electron chi connectivity index (χ3n) is 4.49. The van der Waals surface area contributed by atoms with Crippen LogP contribution in [-0.4, -0.2) is 12.0 Å². The van der Waals surface area contributed by atoms with Gasteiger partial charge >= 0.3 is 0 Å². The second-order valence-corrected chi connectivity index (χ2v) is 6.72. The van der Waals surface area contributed by atoms with Gasteiger partial charge in [-0.15, -0.1) is 0 Å². The third-order valence-corrected chi connectivity index (χ3v) is 4.92. The molecule has 3 heteroatoms. The number of nitrogens with zero attached hydrogens (tertiary/aromatic N) is 1. The molecule has 0 fully saturated rings. The molecule has 2 atom stereocenters. The quantitative estimate of drug-likeness (QED) is 0.875. The molecule has 0 radical (unpaired) electrons. The molecule has 1 aromatic carbocycles. The molecule has 1 aliphatic rings. The number of nitrogens with one attached hydrogen (secondary N) is 1. The Morgan fingerprint density at radius 3 is 3.00 bits per heavy atom. The number of pyridine rings is 1. The van der Waals surface area contributed by atoms with Crippen LogP contribution >= 0.6 is 15.9 Å². The molecular formula is C18H21BrN2. The van der Waals surface area contributed by atoms with Gasteiger partial charge in [-0.2, -0.15) is 0 Å². The summed E-state index contributed by atoms with van der Waals surface area (Å²) in [5.41, 5.74) is 4.35. The van der Waals surface area contributed by atoms with E-state index in [0.717, 1.165) is 10.9 Å². The first kappa shape index (κ1) is 14.7. The minimum atomic E-state index is 0.353. The fourth-order valence-corrected chi connectivity index (χ4v) is 3.81. The number of halogens is 1. The summed E-state index contributed by atoms with van der Waals surface area (Å²) in [6.45, 7) is 0. The summed E-state index contributed by atoms with van der Waals surface area (Å²) >= 11 is 3.52. The number of fused-ring (bicyclic) bond motifs is 1. The van der Waals surface area contributed by atoms with E-state index < -0.39 is 0 Å². The summed E-state index contributed by atoms with van der Waals surface area (Å²) < 4.78 is 1.05. The maximum atomic E-state index is 4.30. The number of aryl methyl sites for hydroxylation is 1. The fraction of sp³-hybridized carbons (Fsp3) is 0.389. The van der Waals surface area contributed by atoms with Crippen LogP contribution in [0.4, 0.5) is 0 Å². The Kier molecular flexibility index (Phi) is 4.71. The van der Waals surface area contributed by atoms with E-state index in [1.807, 2.05) is 19.4 Å². The van der Waals surface area contributed by atoms with Crippen molar-refractivity contribution in [2.75, 3.05) is 7.05 Å². The minimum Gasteiger partial charge on any atom is -0.313 e. The van der Waals surface area contributed by atoms with Crippen molar-refractivity contribution in [3.05, 3.63) is 63.9 Å². The summed E-state index contributed by atoms with van der Waals surface area (Å²) in [4.78, 5) is 4.30. The highest BCUT2D eigenvalue weighted by Gasteiger charge is 2.23. The average Bonchev–Trinajstić information content (AvgIpc) is 2.52. The van der Waals surface area contributed by atoms with E-state index in [-0.39, 0.29) is 0 Å². The smallest absolute Gasteiger partial charge is 0.0410 e. The van der Waals surface area contributed by atoms with E-state index >= 15 is 0 Å². The Bertz CT molecular complexity index is 612. The summed E-state index contributed by atoms with van der Waals surface area (Å²) in [6, 6.07) is 11.5. The Morgan fingerprint density at radius 1 is 1.33 bits per heavy atom. The molecule has 2 aromatic rings. The van der Waals surface area contributed by atoms with Crippen molar-refractivity contribution in [1.29, 1.82) is 0 Å². The zero-order chi connectivity index (χ0) is 14.7. The molecule has 0 saturated heterocycles. The Morgan fingerprint density at radius 2 is 2.19 bits per heavy atom. The molecule has 2 unspecified atom stereocenters. The highest BCUT2D eigenvalue weighted by molar-refractivity contribution is 9.10. The van der Waals surface area contributed by atoms with Gasteiger partial charge in [-0.25, -0.2) is 0 Å². The van der Waals surface area contributed by atoms with Crippen LogP contribution in [0.1, 0.15) is 47.9 Å². The molecule has 0 saturated carbocycles. The molecule has 0 amide bonds. The molecule has 1 aliphatic carbocycles. The van der Waals surface area contributed by atoms with Gasteiger partial charge in [0.25, 0.3) is 0 Å². The van der Waals surface area contributed by atoms with Crippen molar-refractivity contribution in [3.63, 3.8) is 0 Å². The Balaban J connectivity index is 1.82. The number of aromatic nitrogens is 1. The first-order chi connectivity index (χ1) is 10.3. The maximum absolute atomic E-state index is 4.30. The van der Waals surface area contributed by atoms with E-state index in [2.05, 4.69) is 56.6 Å². The predicted octanol–water partition coefficient (Wildman–Crippen LogP) is 4.61. The lowest BCUT2D eigenvalue weighted by Crippen LogP contribution is -2.21. The predicted molar refractivity (Wildman–Crippen MR) is 90.5 cm³/mol. The maximum Gasteiger partial charge on any atom is 0.0410 e. The monoisotopic (exact) mass is 344 g/mol. The molecule has 0 aliphatic heterocycles. The molecule has 21 heavy (non-hydrogen) atoms. The topological polar surface area (TPSA) is 24.9 Å². The van der Waals surface area contributed by atoms with Crippen LogP contribution in [0.15, 0.2) is 47.2 Å². The van der Waals surface area contributed by atoms with Gasteiger partial charge in [-0.3, -0.25) is 4.98 Å². The van der Waals surface area contributed by atoms with Gasteiger partial charge in [0.1, 0.15) is 0 Å². The van der Waals surface area contributed by atoms with Crippen LogP contribution in [0.2, 0.25) is 0 Å². The summed E-state index contributed by atoms with van der Waals surface area (Å²) in [5, 5.41) is 3.46. The zero-order valence-corrected chi connectivity index (χ0v) is 13.9. The van der Waals surface area contributed by atoms with Crippen molar-refractivity contribution in [2.45, 2.75) is 37.6 Å². The largest absolute Gasteiger partial charge is 0.313 e. The zero-order valence-electron chi connectivity index (χ0n) is 12.3. The van der Waals surface area contributed by atoms with Gasteiger partial charge in [-0.05, 0) is 77.3 Å². The molecular weight excluding hydrogens is 324 g/mol. The lowest BCUT2D eigenvalue weighted by atomic mass is 9.79. The van der Waals surface area contributed by atoms with E-state index in [4.69, 9.17) is 0 Å². The van der Waals surface area contributed by atoms with Crippen LogP contribution < -0.4 is 5.32 Å². The lowest BCUT2D eigenvalue weighted by molar-refractivity contribution is 0.439. The van der Waals surface area contributed by atoms with Crippen molar-refractivity contribution in [3.8, 4) is 0 Å². The van der Waals surface area contributed by atoms with Gasteiger partial charge in [0.15, 0.2) is 0 Å². The number of benzene rings is 1. The molecule has 1 aromatic heterocycles. The normalized spacial score (nSPS) is 19.0. The van der Waals surface area contributed by atoms with Gasteiger partial charge in [0.05, 0.1) is 0 Å².